The van der Waals surface area contributed by atoms with E-state index in [1.54, 1.807) is 0 Å². The highest BCUT2D eigenvalue weighted by atomic mass is 35.5. The van der Waals surface area contributed by atoms with E-state index in [1.807, 2.05) is 6.92 Å². The van der Waals surface area contributed by atoms with Gasteiger partial charge in [0.25, 0.3) is 0 Å². The minimum atomic E-state index is 0.256. The largest absolute Gasteiger partial charge is 0.354 e. The number of aromatic nitrogens is 3. The van der Waals surface area contributed by atoms with Crippen molar-refractivity contribution in [3.05, 3.63) is 11.1 Å². The Balaban J connectivity index is 2.94. The maximum atomic E-state index is 5.78. The van der Waals surface area contributed by atoms with Gasteiger partial charge >= 0.3 is 0 Å². The van der Waals surface area contributed by atoms with Crippen LogP contribution < -0.4 is 5.32 Å². The first-order valence-electron chi connectivity index (χ1n) is 4.82. The van der Waals surface area contributed by atoms with E-state index in [0.717, 1.165) is 18.8 Å². The molecular formula is C9H15ClN4. The van der Waals surface area contributed by atoms with Crippen LogP contribution in [0.15, 0.2) is 0 Å². The highest BCUT2D eigenvalue weighted by Crippen LogP contribution is 2.16. The third-order valence-electron chi connectivity index (χ3n) is 2.01. The van der Waals surface area contributed by atoms with Crippen molar-refractivity contribution in [2.24, 2.45) is 0 Å². The lowest BCUT2D eigenvalue weighted by Gasteiger charge is -2.08. The molecule has 0 fully saturated rings. The molecule has 0 saturated heterocycles. The normalized spacial score (nSPS) is 12.6. The number of nitrogens with one attached hydrogen (secondary N) is 1. The highest BCUT2D eigenvalue weighted by molar-refractivity contribution is 6.28. The standard InChI is InChI=1S/C9H15ClN4/c1-4-6(3)7-12-8(10)14-9(13-7)11-5-2/h6H,4-5H2,1-3H3,(H,11,12,13,14). The molecule has 0 aromatic carbocycles. The average Bonchev–Trinajstić information content (AvgIpc) is 2.16. The lowest BCUT2D eigenvalue weighted by atomic mass is 10.1. The van der Waals surface area contributed by atoms with Crippen LogP contribution in [-0.4, -0.2) is 21.5 Å². The third-order valence-corrected chi connectivity index (χ3v) is 2.18. The van der Waals surface area contributed by atoms with Crippen molar-refractivity contribution >= 4 is 17.5 Å². The molecule has 0 radical (unpaired) electrons. The van der Waals surface area contributed by atoms with Crippen molar-refractivity contribution < 1.29 is 0 Å². The lowest BCUT2D eigenvalue weighted by Crippen LogP contribution is -2.08. The van der Waals surface area contributed by atoms with E-state index in [-0.39, 0.29) is 5.28 Å². The fraction of sp³-hybridized carbons (Fsp3) is 0.667. The van der Waals surface area contributed by atoms with Gasteiger partial charge in [0, 0.05) is 12.5 Å². The van der Waals surface area contributed by atoms with Crippen molar-refractivity contribution in [3.63, 3.8) is 0 Å². The Morgan fingerprint density at radius 3 is 2.57 bits per heavy atom. The predicted octanol–water partition coefficient (Wildman–Crippen LogP) is 2.47. The summed E-state index contributed by atoms with van der Waals surface area (Å²) in [7, 11) is 0. The monoisotopic (exact) mass is 214 g/mol. The molecule has 1 heterocycles. The second-order valence-corrected chi connectivity index (χ2v) is 3.46. The molecule has 1 atom stereocenters. The van der Waals surface area contributed by atoms with E-state index in [9.17, 15) is 0 Å². The molecule has 14 heavy (non-hydrogen) atoms. The van der Waals surface area contributed by atoms with Gasteiger partial charge in [-0.25, -0.2) is 4.98 Å². The second kappa shape index (κ2) is 5.10. The SMILES string of the molecule is CCNc1nc(Cl)nc(C(C)CC)n1. The molecule has 0 aliphatic carbocycles. The van der Waals surface area contributed by atoms with Gasteiger partial charge < -0.3 is 5.32 Å². The predicted molar refractivity (Wildman–Crippen MR) is 57.7 cm³/mol. The summed E-state index contributed by atoms with van der Waals surface area (Å²) in [5.74, 6) is 1.62. The summed E-state index contributed by atoms with van der Waals surface area (Å²) in [4.78, 5) is 12.3. The Kier molecular flexibility index (Phi) is 4.07. The third kappa shape index (κ3) is 2.80. The molecule has 5 heteroatoms. The van der Waals surface area contributed by atoms with Crippen molar-refractivity contribution in [1.82, 2.24) is 15.0 Å². The Morgan fingerprint density at radius 1 is 1.29 bits per heavy atom. The molecule has 1 N–H and O–H groups in total. The van der Waals surface area contributed by atoms with Gasteiger partial charge in [-0.05, 0) is 24.9 Å². The molecule has 78 valence electrons. The fourth-order valence-corrected chi connectivity index (χ4v) is 1.17. The van der Waals surface area contributed by atoms with Crippen LogP contribution in [0.5, 0.6) is 0 Å². The highest BCUT2D eigenvalue weighted by Gasteiger charge is 2.09. The minimum Gasteiger partial charge on any atom is -0.354 e. The topological polar surface area (TPSA) is 50.7 Å². The Hall–Kier alpha value is -0.900. The van der Waals surface area contributed by atoms with Crippen molar-refractivity contribution in [3.8, 4) is 0 Å². The maximum absolute atomic E-state index is 5.78. The van der Waals surface area contributed by atoms with Crippen LogP contribution in [0, 0.1) is 0 Å². The summed E-state index contributed by atoms with van der Waals surface area (Å²) in [5.41, 5.74) is 0. The van der Waals surface area contributed by atoms with Gasteiger partial charge in [0.15, 0.2) is 0 Å². The first-order valence-corrected chi connectivity index (χ1v) is 5.20. The Morgan fingerprint density at radius 2 is 2.00 bits per heavy atom. The molecule has 1 unspecified atom stereocenters. The molecule has 0 aliphatic rings. The summed E-state index contributed by atoms with van der Waals surface area (Å²) in [6.07, 6.45) is 0.992. The van der Waals surface area contributed by atoms with Crippen molar-refractivity contribution in [2.75, 3.05) is 11.9 Å². The van der Waals surface area contributed by atoms with E-state index >= 15 is 0 Å². The first-order chi connectivity index (χ1) is 6.67. The van der Waals surface area contributed by atoms with Gasteiger partial charge in [0.2, 0.25) is 11.2 Å². The van der Waals surface area contributed by atoms with Crippen LogP contribution in [-0.2, 0) is 0 Å². The molecule has 1 aromatic heterocycles. The van der Waals surface area contributed by atoms with Gasteiger partial charge in [0.05, 0.1) is 0 Å². The zero-order valence-corrected chi connectivity index (χ0v) is 9.47. The van der Waals surface area contributed by atoms with E-state index in [2.05, 4.69) is 34.1 Å². The number of nitrogens with zero attached hydrogens (tertiary/aromatic N) is 3. The van der Waals surface area contributed by atoms with Gasteiger partial charge in [0.1, 0.15) is 5.82 Å². The molecule has 0 spiro atoms. The second-order valence-electron chi connectivity index (χ2n) is 3.13. The summed E-state index contributed by atoms with van der Waals surface area (Å²) < 4.78 is 0. The summed E-state index contributed by atoms with van der Waals surface area (Å²) in [5, 5.41) is 3.28. The van der Waals surface area contributed by atoms with Crippen molar-refractivity contribution in [1.29, 1.82) is 0 Å². The van der Waals surface area contributed by atoms with Crippen LogP contribution >= 0.6 is 11.6 Å². The van der Waals surface area contributed by atoms with Crippen LogP contribution in [0.1, 0.15) is 38.9 Å². The molecule has 0 saturated carbocycles. The van der Waals surface area contributed by atoms with E-state index in [0.29, 0.717) is 11.9 Å². The number of hydrogen-bond donors (Lipinski definition) is 1. The Bertz CT molecular complexity index is 303. The van der Waals surface area contributed by atoms with E-state index in [1.165, 1.54) is 0 Å². The van der Waals surface area contributed by atoms with Crippen LogP contribution in [0.2, 0.25) is 5.28 Å². The van der Waals surface area contributed by atoms with E-state index in [4.69, 9.17) is 11.6 Å². The van der Waals surface area contributed by atoms with Crippen LogP contribution in [0.3, 0.4) is 0 Å². The number of hydrogen-bond acceptors (Lipinski definition) is 4. The zero-order chi connectivity index (χ0) is 10.6. The number of anilines is 1. The smallest absolute Gasteiger partial charge is 0.227 e. The summed E-state index contributed by atoms with van der Waals surface area (Å²) in [6, 6.07) is 0. The number of rotatable bonds is 4. The van der Waals surface area contributed by atoms with Gasteiger partial charge in [-0.1, -0.05) is 13.8 Å². The molecule has 1 rings (SSSR count). The van der Waals surface area contributed by atoms with E-state index < -0.39 is 0 Å². The number of halogens is 1. The summed E-state index contributed by atoms with van der Waals surface area (Å²) >= 11 is 5.78. The lowest BCUT2D eigenvalue weighted by molar-refractivity contribution is 0.672. The average molecular weight is 215 g/mol. The minimum absolute atomic E-state index is 0.256. The van der Waals surface area contributed by atoms with Gasteiger partial charge in [-0.2, -0.15) is 9.97 Å². The molecule has 0 amide bonds. The molecule has 1 aromatic rings. The first kappa shape index (κ1) is 11.2. The van der Waals surface area contributed by atoms with Gasteiger partial charge in [-0.15, -0.1) is 0 Å². The van der Waals surface area contributed by atoms with Crippen LogP contribution in [0.25, 0.3) is 0 Å². The molecule has 0 aliphatic heterocycles. The molecule has 0 bridgehead atoms. The maximum Gasteiger partial charge on any atom is 0.227 e. The Labute approximate surface area is 89.1 Å². The summed E-state index contributed by atoms with van der Waals surface area (Å²) in [6.45, 7) is 6.93. The zero-order valence-electron chi connectivity index (χ0n) is 8.71. The molecule has 4 nitrogen and oxygen atoms in total. The molecular weight excluding hydrogens is 200 g/mol. The van der Waals surface area contributed by atoms with Crippen molar-refractivity contribution in [2.45, 2.75) is 33.1 Å². The van der Waals surface area contributed by atoms with Crippen LogP contribution in [0.4, 0.5) is 5.95 Å². The quantitative estimate of drug-likeness (QED) is 0.837. The van der Waals surface area contributed by atoms with Gasteiger partial charge in [-0.3, -0.25) is 0 Å². The fourth-order valence-electron chi connectivity index (χ4n) is 1.01.